The average Bonchev–Trinajstić information content (AvgIpc) is 2.59. The third kappa shape index (κ3) is 3.47. The van der Waals surface area contributed by atoms with Crippen molar-refractivity contribution in [2.45, 2.75) is 32.7 Å². The number of hydrogen-bond donors (Lipinski definition) is 1. The fourth-order valence-electron chi connectivity index (χ4n) is 3.30. The third-order valence-electron chi connectivity index (χ3n) is 4.75. The summed E-state index contributed by atoms with van der Waals surface area (Å²) in [6.45, 7) is 3.98. The lowest BCUT2D eigenvalue weighted by Crippen LogP contribution is -2.42. The summed E-state index contributed by atoms with van der Waals surface area (Å²) in [5.41, 5.74) is 3.30. The molecule has 1 N–H and O–H groups in total. The molecule has 6 heteroatoms. The Balaban J connectivity index is 1.78. The highest BCUT2D eigenvalue weighted by Crippen LogP contribution is 2.30. The topological polar surface area (TPSA) is 75.5 Å². The minimum Gasteiger partial charge on any atom is -0.359 e. The molecular weight excluding hydrogens is 318 g/mol. The maximum atomic E-state index is 12.5. The summed E-state index contributed by atoms with van der Waals surface area (Å²) in [6, 6.07) is 13.1. The molecule has 3 rings (SSSR count). The Morgan fingerprint density at radius 1 is 1.28 bits per heavy atom. The van der Waals surface area contributed by atoms with Crippen molar-refractivity contribution in [1.29, 1.82) is 0 Å². The number of nitro benzene ring substituents is 1. The van der Waals surface area contributed by atoms with Gasteiger partial charge in [0.1, 0.15) is 0 Å². The van der Waals surface area contributed by atoms with Gasteiger partial charge in [-0.1, -0.05) is 24.3 Å². The molecule has 0 aromatic heterocycles. The first-order valence-electron chi connectivity index (χ1n) is 8.35. The van der Waals surface area contributed by atoms with E-state index in [2.05, 4.69) is 23.2 Å². The highest BCUT2D eigenvalue weighted by molar-refractivity contribution is 5.95. The zero-order valence-electron chi connectivity index (χ0n) is 14.4. The lowest BCUT2D eigenvalue weighted by atomic mass is 9.96. The standard InChI is InChI=1S/C19H21N3O3/c1-13-10-11-15-6-3-4-8-18(15)21(13)12-19(23)20-16-7-5-9-17(14(16)2)22(24)25/h3-9,13H,10-12H2,1-2H3,(H,20,23). The molecule has 0 saturated heterocycles. The molecule has 0 fully saturated rings. The number of benzene rings is 2. The van der Waals surface area contributed by atoms with E-state index in [-0.39, 0.29) is 24.2 Å². The molecule has 2 aromatic rings. The summed E-state index contributed by atoms with van der Waals surface area (Å²) >= 11 is 0. The van der Waals surface area contributed by atoms with Crippen LogP contribution in [-0.4, -0.2) is 23.4 Å². The Morgan fingerprint density at radius 3 is 2.80 bits per heavy atom. The van der Waals surface area contributed by atoms with E-state index in [1.165, 1.54) is 11.6 Å². The summed E-state index contributed by atoms with van der Waals surface area (Å²) < 4.78 is 0. The van der Waals surface area contributed by atoms with Crippen molar-refractivity contribution in [3.05, 3.63) is 63.7 Å². The van der Waals surface area contributed by atoms with E-state index in [0.717, 1.165) is 18.5 Å². The van der Waals surface area contributed by atoms with Crippen LogP contribution in [0, 0.1) is 17.0 Å². The molecule has 130 valence electrons. The van der Waals surface area contributed by atoms with Gasteiger partial charge in [0, 0.05) is 17.8 Å². The Labute approximate surface area is 146 Å². The molecule has 2 aromatic carbocycles. The van der Waals surface area contributed by atoms with Crippen molar-refractivity contribution < 1.29 is 9.72 Å². The third-order valence-corrected chi connectivity index (χ3v) is 4.75. The number of carbonyl (C=O) groups is 1. The number of aryl methyl sites for hydroxylation is 1. The smallest absolute Gasteiger partial charge is 0.274 e. The van der Waals surface area contributed by atoms with E-state index >= 15 is 0 Å². The SMILES string of the molecule is Cc1c(NC(=O)CN2c3ccccc3CCC2C)cccc1[N+](=O)[O-]. The number of anilines is 2. The van der Waals surface area contributed by atoms with E-state index < -0.39 is 4.92 Å². The van der Waals surface area contributed by atoms with E-state index in [9.17, 15) is 14.9 Å². The van der Waals surface area contributed by atoms with Crippen molar-refractivity contribution in [2.24, 2.45) is 0 Å². The molecular formula is C19H21N3O3. The Morgan fingerprint density at radius 2 is 2.04 bits per heavy atom. The van der Waals surface area contributed by atoms with Gasteiger partial charge in [0.2, 0.25) is 5.91 Å². The first-order valence-corrected chi connectivity index (χ1v) is 8.35. The summed E-state index contributed by atoms with van der Waals surface area (Å²) in [6.07, 6.45) is 2.01. The Bertz CT molecular complexity index is 819. The number of rotatable bonds is 4. The molecule has 0 saturated carbocycles. The molecule has 1 unspecified atom stereocenters. The minimum absolute atomic E-state index is 0.00878. The number of nitro groups is 1. The monoisotopic (exact) mass is 339 g/mol. The maximum absolute atomic E-state index is 12.5. The van der Waals surface area contributed by atoms with Crippen LogP contribution in [0.5, 0.6) is 0 Å². The molecule has 1 amide bonds. The number of hydrogen-bond acceptors (Lipinski definition) is 4. The summed E-state index contributed by atoms with van der Waals surface area (Å²) in [5, 5.41) is 13.9. The van der Waals surface area contributed by atoms with Crippen molar-refractivity contribution in [2.75, 3.05) is 16.8 Å². The van der Waals surface area contributed by atoms with Gasteiger partial charge in [0.25, 0.3) is 5.69 Å². The highest BCUT2D eigenvalue weighted by atomic mass is 16.6. The van der Waals surface area contributed by atoms with Crippen LogP contribution in [-0.2, 0) is 11.2 Å². The first-order chi connectivity index (χ1) is 12.0. The van der Waals surface area contributed by atoms with E-state index in [1.807, 2.05) is 18.2 Å². The number of nitrogens with one attached hydrogen (secondary N) is 1. The van der Waals surface area contributed by atoms with Gasteiger partial charge in [-0.05, 0) is 44.4 Å². The fourth-order valence-corrected chi connectivity index (χ4v) is 3.30. The largest absolute Gasteiger partial charge is 0.359 e. The van der Waals surface area contributed by atoms with Gasteiger partial charge in [-0.15, -0.1) is 0 Å². The van der Waals surface area contributed by atoms with Crippen LogP contribution in [0.3, 0.4) is 0 Å². The highest BCUT2D eigenvalue weighted by Gasteiger charge is 2.25. The number of nitrogens with zero attached hydrogens (tertiary/aromatic N) is 2. The average molecular weight is 339 g/mol. The molecule has 1 atom stereocenters. The Hall–Kier alpha value is -2.89. The van der Waals surface area contributed by atoms with Crippen molar-refractivity contribution in [3.63, 3.8) is 0 Å². The molecule has 25 heavy (non-hydrogen) atoms. The second kappa shape index (κ2) is 6.93. The lowest BCUT2D eigenvalue weighted by molar-refractivity contribution is -0.385. The van der Waals surface area contributed by atoms with Gasteiger partial charge in [-0.2, -0.15) is 0 Å². The van der Waals surface area contributed by atoms with Crippen LogP contribution < -0.4 is 10.2 Å². The predicted octanol–water partition coefficient (Wildman–Crippen LogP) is 3.68. The summed E-state index contributed by atoms with van der Waals surface area (Å²) in [5.74, 6) is -0.174. The van der Waals surface area contributed by atoms with Gasteiger partial charge >= 0.3 is 0 Å². The number of para-hydroxylation sites is 1. The maximum Gasteiger partial charge on any atom is 0.274 e. The van der Waals surface area contributed by atoms with Crippen molar-refractivity contribution in [3.8, 4) is 0 Å². The van der Waals surface area contributed by atoms with Crippen LogP contribution in [0.4, 0.5) is 17.1 Å². The van der Waals surface area contributed by atoms with Gasteiger partial charge in [-0.3, -0.25) is 14.9 Å². The molecule has 0 spiro atoms. The molecule has 0 radical (unpaired) electrons. The number of fused-ring (bicyclic) bond motifs is 1. The van der Waals surface area contributed by atoms with Crippen LogP contribution in [0.25, 0.3) is 0 Å². The van der Waals surface area contributed by atoms with Crippen molar-refractivity contribution in [1.82, 2.24) is 0 Å². The Kier molecular flexibility index (Phi) is 4.70. The molecule has 1 aliphatic heterocycles. The van der Waals surface area contributed by atoms with Crippen LogP contribution in [0.2, 0.25) is 0 Å². The molecule has 0 aliphatic carbocycles. The zero-order valence-corrected chi connectivity index (χ0v) is 14.4. The lowest BCUT2D eigenvalue weighted by Gasteiger charge is -2.36. The van der Waals surface area contributed by atoms with E-state index in [0.29, 0.717) is 11.3 Å². The molecule has 6 nitrogen and oxygen atoms in total. The van der Waals surface area contributed by atoms with Crippen LogP contribution in [0.1, 0.15) is 24.5 Å². The van der Waals surface area contributed by atoms with E-state index in [4.69, 9.17) is 0 Å². The van der Waals surface area contributed by atoms with Crippen LogP contribution in [0.15, 0.2) is 42.5 Å². The summed E-state index contributed by atoms with van der Waals surface area (Å²) in [7, 11) is 0. The quantitative estimate of drug-likeness (QED) is 0.681. The molecule has 1 heterocycles. The van der Waals surface area contributed by atoms with Crippen LogP contribution >= 0.6 is 0 Å². The fraction of sp³-hybridized carbons (Fsp3) is 0.316. The van der Waals surface area contributed by atoms with Gasteiger partial charge in [0.05, 0.1) is 22.7 Å². The second-order valence-electron chi connectivity index (χ2n) is 6.40. The van der Waals surface area contributed by atoms with Gasteiger partial charge in [0.15, 0.2) is 0 Å². The normalized spacial score (nSPS) is 16.2. The zero-order chi connectivity index (χ0) is 18.0. The molecule has 1 aliphatic rings. The van der Waals surface area contributed by atoms with Gasteiger partial charge in [-0.25, -0.2) is 0 Å². The summed E-state index contributed by atoms with van der Waals surface area (Å²) in [4.78, 5) is 25.2. The first kappa shape index (κ1) is 17.0. The van der Waals surface area contributed by atoms with E-state index in [1.54, 1.807) is 19.1 Å². The van der Waals surface area contributed by atoms with Crippen molar-refractivity contribution >= 4 is 23.0 Å². The predicted molar refractivity (Wildman–Crippen MR) is 98.0 cm³/mol. The van der Waals surface area contributed by atoms with Gasteiger partial charge < -0.3 is 10.2 Å². The molecule has 0 bridgehead atoms. The second-order valence-corrected chi connectivity index (χ2v) is 6.40. The number of amides is 1. The minimum atomic E-state index is -0.437. The number of carbonyl (C=O) groups excluding carboxylic acids is 1.